The van der Waals surface area contributed by atoms with Crippen LogP contribution in [0.25, 0.3) is 10.9 Å². The fraction of sp³-hybridized carbons (Fsp3) is 0.286. The van der Waals surface area contributed by atoms with Crippen molar-refractivity contribution < 1.29 is 13.5 Å². The normalized spacial score (nSPS) is 13.7. The van der Waals surface area contributed by atoms with Gasteiger partial charge in [-0.15, -0.1) is 0 Å². The van der Waals surface area contributed by atoms with Gasteiger partial charge in [-0.1, -0.05) is 6.92 Å². The second kappa shape index (κ2) is 7.08. The van der Waals surface area contributed by atoms with Gasteiger partial charge in [0.25, 0.3) is 0 Å². The lowest BCUT2D eigenvalue weighted by molar-refractivity contribution is 0.409. The first-order valence-electron chi connectivity index (χ1n) is 9.85. The standard InChI is InChI=1S/C21H20F2N6O/c1-3-12-7-17(26-18-9-15(28-29-18)11-4-5-11)27-21(25-12)30-16-8-14(22)20-13(19(16)23)6-10(2)24-20/h6-9,11,24H,3-5H2,1-2H3,(H2,25,26,27,28,29). The van der Waals surface area contributed by atoms with Crippen molar-refractivity contribution in [3.8, 4) is 11.8 Å². The van der Waals surface area contributed by atoms with Crippen LogP contribution in [-0.4, -0.2) is 25.1 Å². The molecule has 0 amide bonds. The molecule has 0 aliphatic heterocycles. The van der Waals surface area contributed by atoms with Crippen molar-refractivity contribution in [1.82, 2.24) is 25.1 Å². The van der Waals surface area contributed by atoms with E-state index in [0.29, 0.717) is 35.4 Å². The topological polar surface area (TPSA) is 91.5 Å². The molecule has 3 heterocycles. The first-order chi connectivity index (χ1) is 14.5. The van der Waals surface area contributed by atoms with Gasteiger partial charge in [-0.25, -0.2) is 8.78 Å². The predicted molar refractivity (Wildman–Crippen MR) is 108 cm³/mol. The van der Waals surface area contributed by atoms with Gasteiger partial charge in [-0.05, 0) is 32.3 Å². The highest BCUT2D eigenvalue weighted by Crippen LogP contribution is 2.39. The van der Waals surface area contributed by atoms with E-state index >= 15 is 0 Å². The largest absolute Gasteiger partial charge is 0.421 e. The summed E-state index contributed by atoms with van der Waals surface area (Å²) in [5, 5.41) is 10.5. The number of rotatable bonds is 6. The summed E-state index contributed by atoms with van der Waals surface area (Å²) in [6.07, 6.45) is 2.95. The van der Waals surface area contributed by atoms with Gasteiger partial charge < -0.3 is 15.0 Å². The Hall–Kier alpha value is -3.49. The molecular weight excluding hydrogens is 390 g/mol. The summed E-state index contributed by atoms with van der Waals surface area (Å²) in [7, 11) is 0. The van der Waals surface area contributed by atoms with E-state index in [-0.39, 0.29) is 22.7 Å². The minimum atomic E-state index is -0.669. The van der Waals surface area contributed by atoms with E-state index in [0.717, 1.165) is 11.8 Å². The van der Waals surface area contributed by atoms with Gasteiger partial charge in [0.1, 0.15) is 5.82 Å². The van der Waals surface area contributed by atoms with Crippen LogP contribution in [0.4, 0.5) is 20.4 Å². The first-order valence-corrected chi connectivity index (χ1v) is 9.85. The molecule has 1 aromatic carbocycles. The highest BCUT2D eigenvalue weighted by atomic mass is 19.1. The summed E-state index contributed by atoms with van der Waals surface area (Å²) in [5.41, 5.74) is 2.54. The Kier molecular flexibility index (Phi) is 4.38. The summed E-state index contributed by atoms with van der Waals surface area (Å²) in [6.45, 7) is 3.67. The maximum atomic E-state index is 14.9. The first kappa shape index (κ1) is 18.5. The zero-order chi connectivity index (χ0) is 20.8. The highest BCUT2D eigenvalue weighted by molar-refractivity contribution is 5.83. The third-order valence-electron chi connectivity index (χ3n) is 5.09. The minimum Gasteiger partial charge on any atom is -0.421 e. The van der Waals surface area contributed by atoms with E-state index < -0.39 is 11.6 Å². The highest BCUT2D eigenvalue weighted by Gasteiger charge is 2.25. The summed E-state index contributed by atoms with van der Waals surface area (Å²) in [5.74, 6) is 0.0957. The number of aromatic nitrogens is 5. The van der Waals surface area contributed by atoms with Crippen molar-refractivity contribution in [2.45, 2.75) is 39.0 Å². The van der Waals surface area contributed by atoms with Gasteiger partial charge in [0.15, 0.2) is 23.2 Å². The number of ether oxygens (including phenoxy) is 1. The molecular formula is C21H20F2N6O. The smallest absolute Gasteiger partial charge is 0.324 e. The molecule has 0 bridgehead atoms. The molecule has 4 aromatic rings. The second-order valence-electron chi connectivity index (χ2n) is 7.50. The van der Waals surface area contributed by atoms with Crippen molar-refractivity contribution in [2.75, 3.05) is 5.32 Å². The number of anilines is 2. The lowest BCUT2D eigenvalue weighted by Gasteiger charge is -2.10. The molecule has 0 spiro atoms. The molecule has 30 heavy (non-hydrogen) atoms. The monoisotopic (exact) mass is 410 g/mol. The maximum absolute atomic E-state index is 14.9. The van der Waals surface area contributed by atoms with Crippen molar-refractivity contribution >= 4 is 22.5 Å². The number of aryl methyl sites for hydroxylation is 2. The van der Waals surface area contributed by atoms with Crippen LogP contribution in [0.3, 0.4) is 0 Å². The molecule has 0 radical (unpaired) electrons. The number of halogens is 2. The molecule has 154 valence electrons. The number of aromatic amines is 2. The summed E-state index contributed by atoms with van der Waals surface area (Å²) in [6, 6.07) is 6.18. The van der Waals surface area contributed by atoms with Crippen molar-refractivity contribution in [3.63, 3.8) is 0 Å². The van der Waals surface area contributed by atoms with E-state index in [1.165, 1.54) is 18.9 Å². The molecule has 3 N–H and O–H groups in total. The van der Waals surface area contributed by atoms with Crippen LogP contribution in [0.1, 0.15) is 42.8 Å². The fourth-order valence-electron chi connectivity index (χ4n) is 3.41. The fourth-order valence-corrected chi connectivity index (χ4v) is 3.41. The van der Waals surface area contributed by atoms with E-state index in [2.05, 4.69) is 30.5 Å². The average Bonchev–Trinajstić information content (AvgIpc) is 3.34. The molecule has 5 rings (SSSR count). The van der Waals surface area contributed by atoms with Crippen LogP contribution in [0, 0.1) is 18.6 Å². The molecule has 0 unspecified atom stereocenters. The molecule has 0 atom stereocenters. The van der Waals surface area contributed by atoms with Crippen LogP contribution in [0.5, 0.6) is 11.8 Å². The Bertz CT molecular complexity index is 1240. The molecule has 3 aromatic heterocycles. The Morgan fingerprint density at radius 3 is 2.73 bits per heavy atom. The third-order valence-corrected chi connectivity index (χ3v) is 5.09. The summed E-state index contributed by atoms with van der Waals surface area (Å²) < 4.78 is 34.8. The summed E-state index contributed by atoms with van der Waals surface area (Å²) in [4.78, 5) is 11.4. The molecule has 0 saturated heterocycles. The van der Waals surface area contributed by atoms with Crippen molar-refractivity contribution in [1.29, 1.82) is 0 Å². The molecule has 1 fully saturated rings. The van der Waals surface area contributed by atoms with Crippen LogP contribution < -0.4 is 10.1 Å². The Morgan fingerprint density at radius 1 is 1.13 bits per heavy atom. The number of hydrogen-bond donors (Lipinski definition) is 3. The summed E-state index contributed by atoms with van der Waals surface area (Å²) >= 11 is 0. The molecule has 9 heteroatoms. The van der Waals surface area contributed by atoms with E-state index in [1.54, 1.807) is 13.0 Å². The minimum absolute atomic E-state index is 0.0697. The lowest BCUT2D eigenvalue weighted by atomic mass is 10.2. The Labute approximate surface area is 170 Å². The quantitative estimate of drug-likeness (QED) is 0.404. The second-order valence-corrected chi connectivity index (χ2v) is 7.50. The number of fused-ring (bicyclic) bond motifs is 1. The average molecular weight is 410 g/mol. The van der Waals surface area contributed by atoms with Crippen LogP contribution >= 0.6 is 0 Å². The number of nitrogens with zero attached hydrogens (tertiary/aromatic N) is 3. The van der Waals surface area contributed by atoms with Gasteiger partial charge >= 0.3 is 6.01 Å². The zero-order valence-corrected chi connectivity index (χ0v) is 16.5. The van der Waals surface area contributed by atoms with Gasteiger partial charge in [0.2, 0.25) is 0 Å². The molecule has 7 nitrogen and oxygen atoms in total. The Morgan fingerprint density at radius 2 is 1.97 bits per heavy atom. The van der Waals surface area contributed by atoms with Gasteiger partial charge in [-0.3, -0.25) is 5.10 Å². The van der Waals surface area contributed by atoms with Gasteiger partial charge in [-0.2, -0.15) is 15.1 Å². The molecule has 1 saturated carbocycles. The van der Waals surface area contributed by atoms with Gasteiger partial charge in [0, 0.05) is 46.6 Å². The van der Waals surface area contributed by atoms with Crippen LogP contribution in [-0.2, 0) is 6.42 Å². The van der Waals surface area contributed by atoms with E-state index in [1.807, 2.05) is 13.0 Å². The number of hydrogen-bond acceptors (Lipinski definition) is 5. The maximum Gasteiger partial charge on any atom is 0.324 e. The van der Waals surface area contributed by atoms with Crippen molar-refractivity contribution in [3.05, 3.63) is 53.0 Å². The van der Waals surface area contributed by atoms with E-state index in [9.17, 15) is 8.78 Å². The number of nitrogens with one attached hydrogen (secondary N) is 3. The van der Waals surface area contributed by atoms with Crippen LogP contribution in [0.2, 0.25) is 0 Å². The number of H-pyrrole nitrogens is 2. The van der Waals surface area contributed by atoms with Crippen LogP contribution in [0.15, 0.2) is 24.3 Å². The van der Waals surface area contributed by atoms with Gasteiger partial charge in [0.05, 0.1) is 5.52 Å². The van der Waals surface area contributed by atoms with E-state index in [4.69, 9.17) is 4.74 Å². The SMILES string of the molecule is CCc1cc(Nc2cc(C3CC3)[nH]n2)nc(Oc2cc(F)c3[nH]c(C)cc3c2F)n1. The lowest BCUT2D eigenvalue weighted by Crippen LogP contribution is -2.02. The molecule has 1 aliphatic rings. The third kappa shape index (κ3) is 3.47. The number of benzene rings is 1. The Balaban J connectivity index is 1.46. The molecule has 1 aliphatic carbocycles. The van der Waals surface area contributed by atoms with Crippen molar-refractivity contribution in [2.24, 2.45) is 0 Å². The predicted octanol–water partition coefficient (Wildman–Crippen LogP) is 5.24. The zero-order valence-electron chi connectivity index (χ0n) is 16.5.